The second-order valence-corrected chi connectivity index (χ2v) is 0. The van der Waals surface area contributed by atoms with Gasteiger partial charge in [0.15, 0.2) is 0 Å². The standard InChI is InChI=1S/95ClH.Na/h95*1H;/q;;;;;;;;;;;;;;;;;;;;;;;;;;;;;;;;;;;;;;;;;;;;;;;;;;;;;;;;;;;;;;;;;;;;;;;;;;;;;;;;;;;;;;;;;;;;;;;+1/p-1. The van der Waals surface area contributed by atoms with Crippen molar-refractivity contribution in [3.8, 4) is 0 Å². The molecule has 0 saturated carbocycles. The van der Waals surface area contributed by atoms with Crippen LogP contribution in [0.25, 0.3) is 0 Å². The Morgan fingerprint density at radius 1 is 0.0312 bits per heavy atom. The van der Waals surface area contributed by atoms with Crippen molar-refractivity contribution in [2.75, 3.05) is 0 Å². The SMILES string of the molecule is Cl.Cl.Cl.Cl.Cl.Cl.Cl.Cl.Cl.Cl.Cl.Cl.Cl.Cl.Cl.Cl.Cl.Cl.Cl.Cl.Cl.Cl.Cl.Cl.Cl.Cl.Cl.Cl.Cl.Cl.Cl.Cl.Cl.Cl.Cl.Cl.Cl.Cl.Cl.Cl.Cl.Cl.Cl.Cl.Cl.Cl.Cl.Cl.Cl.Cl.Cl.Cl.Cl.Cl.Cl.Cl.Cl.Cl.Cl.Cl.Cl.Cl.Cl.Cl.Cl.Cl.Cl.Cl.Cl.Cl.Cl.Cl.Cl.Cl.Cl.Cl.Cl.Cl.Cl.Cl.Cl.Cl.Cl.Cl.Cl.Cl.Cl.Cl.Cl.Cl.Cl.Cl.Cl.Cl.[Cl-].[Na+]. The van der Waals surface area contributed by atoms with Gasteiger partial charge in [0.2, 0.25) is 0 Å². The summed E-state index contributed by atoms with van der Waals surface area (Å²) >= 11 is 0. The molecule has 0 unspecified atom stereocenters. The van der Waals surface area contributed by atoms with Crippen molar-refractivity contribution in [3.05, 3.63) is 0 Å². The molecular weight excluding hydrogens is 3390 g/mol. The van der Waals surface area contributed by atoms with Crippen molar-refractivity contribution in [1.29, 1.82) is 0 Å². The number of hydrogen-bond acceptors (Lipinski definition) is 0. The molecule has 760 valence electrons. The van der Waals surface area contributed by atoms with Crippen LogP contribution in [0.2, 0.25) is 0 Å². The fourth-order valence-corrected chi connectivity index (χ4v) is 0. The molecule has 96 heteroatoms. The average Bonchev–Trinajstić information content (AvgIpc) is 0. The maximum Gasteiger partial charge on any atom is 1.00 e. The minimum Gasteiger partial charge on any atom is -1.00 e. The van der Waals surface area contributed by atoms with Crippen LogP contribution in [0.15, 0.2) is 0 Å². The van der Waals surface area contributed by atoms with Crippen molar-refractivity contribution >= 4 is 1170 Å². The summed E-state index contributed by atoms with van der Waals surface area (Å²) in [5, 5.41) is 0. The van der Waals surface area contributed by atoms with Gasteiger partial charge in [0.05, 0.1) is 0 Å². The quantitative estimate of drug-likeness (QED) is 0.212. The molecule has 0 aromatic heterocycles. The molecule has 0 radical (unpaired) electrons. The van der Waals surface area contributed by atoms with E-state index in [9.17, 15) is 0 Å². The summed E-state index contributed by atoms with van der Waals surface area (Å²) in [7, 11) is 0. The van der Waals surface area contributed by atoms with Crippen LogP contribution < -0.4 is 42.0 Å². The van der Waals surface area contributed by atoms with E-state index in [1.165, 1.54) is 0 Å². The van der Waals surface area contributed by atoms with Crippen LogP contribution in [-0.2, 0) is 0 Å². The smallest absolute Gasteiger partial charge is 1.00 e. The van der Waals surface area contributed by atoms with E-state index in [1.807, 2.05) is 0 Å². The van der Waals surface area contributed by atoms with Gasteiger partial charge in [0, 0.05) is 0 Å². The van der Waals surface area contributed by atoms with Gasteiger partial charge in [0.1, 0.15) is 0 Å². The summed E-state index contributed by atoms with van der Waals surface area (Å²) in [5.41, 5.74) is 0. The van der Waals surface area contributed by atoms with Crippen LogP contribution in [0.5, 0.6) is 0 Å². The summed E-state index contributed by atoms with van der Waals surface area (Å²) < 4.78 is 0. The third-order valence-electron chi connectivity index (χ3n) is 0. The minimum atomic E-state index is 0. The first-order valence-corrected chi connectivity index (χ1v) is 0. The Labute approximate surface area is 1180 Å². The maximum absolute atomic E-state index is 0. The first-order valence-electron chi connectivity index (χ1n) is 0. The Bertz CT molecular complexity index is 8.02. The summed E-state index contributed by atoms with van der Waals surface area (Å²) in [6.07, 6.45) is 0. The van der Waals surface area contributed by atoms with Gasteiger partial charge in [-0.05, 0) is 0 Å². The molecule has 0 aliphatic rings. The van der Waals surface area contributed by atoms with Gasteiger partial charge < -0.3 is 12.4 Å². The fourth-order valence-electron chi connectivity index (χ4n) is 0. The topological polar surface area (TPSA) is 0 Å². The van der Waals surface area contributed by atoms with Crippen molar-refractivity contribution < 1.29 is 42.0 Å². The largest absolute Gasteiger partial charge is 1.00 e. The normalized spacial score (nSPS) is 0. The zero-order valence-electron chi connectivity index (χ0n) is 39.8. The third-order valence-corrected chi connectivity index (χ3v) is 0. The van der Waals surface area contributed by atoms with E-state index in [0.29, 0.717) is 0 Å². The third kappa shape index (κ3) is 2220. The van der Waals surface area contributed by atoms with Crippen LogP contribution in [0.1, 0.15) is 0 Å². The monoisotopic (exact) mass is 3440 g/mol. The predicted molar refractivity (Wildman–Crippen MR) is 681 cm³/mol. The molecule has 0 fully saturated rings. The zero-order chi connectivity index (χ0) is 0. The van der Waals surface area contributed by atoms with Gasteiger partial charge >= 0.3 is 29.6 Å². The van der Waals surface area contributed by atoms with Gasteiger partial charge in [-0.2, -0.15) is 0 Å². The summed E-state index contributed by atoms with van der Waals surface area (Å²) in [6, 6.07) is 0. The molecule has 0 rings (SSSR count). The molecule has 0 bridgehead atoms. The molecule has 0 aliphatic heterocycles. The molecule has 0 aliphatic carbocycles. The van der Waals surface area contributed by atoms with Gasteiger partial charge in [0.25, 0.3) is 0 Å². The fraction of sp³-hybridized carbons (Fsp3) is 0. The average molecular weight is 3490 g/mol. The molecule has 0 atom stereocenters. The Hall–Kier alpha value is 28.5. The van der Waals surface area contributed by atoms with Gasteiger partial charge in [-0.1, -0.05) is 0 Å². The molecule has 0 N–H and O–H groups in total. The molecular formula is H94Cl95Na. The van der Waals surface area contributed by atoms with Crippen molar-refractivity contribution in [2.24, 2.45) is 0 Å². The van der Waals surface area contributed by atoms with E-state index in [-0.39, 0.29) is 1210 Å². The van der Waals surface area contributed by atoms with Crippen LogP contribution >= 0.6 is 1170 Å². The van der Waals surface area contributed by atoms with E-state index in [0.717, 1.165) is 0 Å². The van der Waals surface area contributed by atoms with Crippen molar-refractivity contribution in [1.82, 2.24) is 0 Å². The Morgan fingerprint density at radius 3 is 0.0312 bits per heavy atom. The Kier molecular flexibility index (Phi) is 55300. The Balaban J connectivity index is 0. The van der Waals surface area contributed by atoms with Crippen molar-refractivity contribution in [3.63, 3.8) is 0 Å². The van der Waals surface area contributed by atoms with Gasteiger partial charge in [-0.3, -0.25) is 0 Å². The minimum absolute atomic E-state index is 0. The van der Waals surface area contributed by atoms with Crippen LogP contribution in [0.3, 0.4) is 0 Å². The first kappa shape index (κ1) is 2330. The molecule has 0 nitrogen and oxygen atoms in total. The molecule has 0 saturated heterocycles. The number of hydrogen-bond donors (Lipinski definition) is 0. The van der Waals surface area contributed by atoms with Gasteiger partial charge in [-0.15, -0.1) is 1170 Å². The molecule has 0 aromatic carbocycles. The van der Waals surface area contributed by atoms with E-state index < -0.39 is 0 Å². The molecule has 0 heterocycles. The Morgan fingerprint density at radius 2 is 0.0312 bits per heavy atom. The second kappa shape index (κ2) is 2280. The molecule has 0 amide bonds. The van der Waals surface area contributed by atoms with E-state index in [1.54, 1.807) is 0 Å². The molecule has 96 heavy (non-hydrogen) atoms. The van der Waals surface area contributed by atoms with E-state index >= 15 is 0 Å². The van der Waals surface area contributed by atoms with Crippen LogP contribution in [0.4, 0.5) is 0 Å². The summed E-state index contributed by atoms with van der Waals surface area (Å²) in [5.74, 6) is 0. The van der Waals surface area contributed by atoms with E-state index in [4.69, 9.17) is 0 Å². The van der Waals surface area contributed by atoms with Crippen LogP contribution in [0, 0.1) is 0 Å². The molecule has 0 aromatic rings. The number of rotatable bonds is 0. The first-order chi connectivity index (χ1) is 0. The van der Waals surface area contributed by atoms with Crippen LogP contribution in [-0.4, -0.2) is 0 Å². The number of halogens is 95. The molecule has 0 spiro atoms. The second-order valence-electron chi connectivity index (χ2n) is 0. The van der Waals surface area contributed by atoms with Crippen molar-refractivity contribution in [2.45, 2.75) is 0 Å². The van der Waals surface area contributed by atoms with E-state index in [2.05, 4.69) is 0 Å². The maximum atomic E-state index is 0. The summed E-state index contributed by atoms with van der Waals surface area (Å²) in [6.45, 7) is 0. The van der Waals surface area contributed by atoms with Gasteiger partial charge in [-0.25, -0.2) is 0 Å². The zero-order valence-corrected chi connectivity index (χ0v) is 119. The predicted octanol–water partition coefficient (Wildman–Crippen LogP) is 33.7. The summed E-state index contributed by atoms with van der Waals surface area (Å²) in [4.78, 5) is 0.